The Balaban J connectivity index is 1.66. The number of pyridine rings is 1. The molecule has 4 nitrogen and oxygen atoms in total. The molecule has 2 aromatic heterocycles. The normalized spacial score (nSPS) is 14.9. The molecule has 1 saturated carbocycles. The molecule has 134 valence electrons. The number of halogens is 2. The zero-order valence-electron chi connectivity index (χ0n) is 14.4. The van der Waals surface area contributed by atoms with Gasteiger partial charge in [-0.25, -0.2) is 13.8 Å². The van der Waals surface area contributed by atoms with Crippen molar-refractivity contribution in [1.29, 1.82) is 0 Å². The predicted molar refractivity (Wildman–Crippen MR) is 95.8 cm³/mol. The summed E-state index contributed by atoms with van der Waals surface area (Å²) in [5, 5.41) is 0.434. The van der Waals surface area contributed by atoms with Crippen LogP contribution in [0.3, 0.4) is 0 Å². The summed E-state index contributed by atoms with van der Waals surface area (Å²) in [5.74, 6) is -1.60. The van der Waals surface area contributed by atoms with Gasteiger partial charge in [0.05, 0.1) is 0 Å². The van der Waals surface area contributed by atoms with Gasteiger partial charge < -0.3 is 9.88 Å². The van der Waals surface area contributed by atoms with Crippen LogP contribution in [0.15, 0.2) is 36.7 Å². The first-order valence-corrected chi connectivity index (χ1v) is 8.75. The first-order chi connectivity index (χ1) is 12.6. The summed E-state index contributed by atoms with van der Waals surface area (Å²) in [6.45, 7) is 0. The number of benzene rings is 1. The van der Waals surface area contributed by atoms with Gasteiger partial charge in [-0.15, -0.1) is 0 Å². The number of amides is 1. The standard InChI is InChI=1S/C20H19F2N3O/c1-25(13-4-2-3-5-13)20(26)19-16(21)10-12(11-24-19)14-6-7-17-15(18(14)22)8-9-23-17/h6-11,13,23H,2-5H2,1H3. The summed E-state index contributed by atoms with van der Waals surface area (Å²) in [4.78, 5) is 21.1. The lowest BCUT2D eigenvalue weighted by molar-refractivity contribution is 0.0724. The number of fused-ring (bicyclic) bond motifs is 1. The molecule has 0 radical (unpaired) electrons. The van der Waals surface area contributed by atoms with Gasteiger partial charge in [0.25, 0.3) is 5.91 Å². The molecule has 2 heterocycles. The number of rotatable bonds is 3. The molecule has 1 N–H and O–H groups in total. The number of nitrogens with one attached hydrogen (secondary N) is 1. The van der Waals surface area contributed by atoms with Crippen molar-refractivity contribution < 1.29 is 13.6 Å². The van der Waals surface area contributed by atoms with E-state index in [9.17, 15) is 13.6 Å². The number of carbonyl (C=O) groups excluding carboxylic acids is 1. The summed E-state index contributed by atoms with van der Waals surface area (Å²) in [5.41, 5.74) is 1.02. The van der Waals surface area contributed by atoms with Crippen LogP contribution in [0.25, 0.3) is 22.0 Å². The Hall–Kier alpha value is -2.76. The van der Waals surface area contributed by atoms with E-state index in [1.807, 2.05) is 0 Å². The van der Waals surface area contributed by atoms with Crippen molar-refractivity contribution in [1.82, 2.24) is 14.9 Å². The van der Waals surface area contributed by atoms with Crippen LogP contribution < -0.4 is 0 Å². The Morgan fingerprint density at radius 3 is 2.73 bits per heavy atom. The smallest absolute Gasteiger partial charge is 0.275 e. The van der Waals surface area contributed by atoms with Gasteiger partial charge in [-0.05, 0) is 37.1 Å². The van der Waals surface area contributed by atoms with Gasteiger partial charge in [0, 0.05) is 47.5 Å². The molecule has 0 spiro atoms. The molecule has 26 heavy (non-hydrogen) atoms. The molecular weight excluding hydrogens is 336 g/mol. The van der Waals surface area contributed by atoms with Crippen LogP contribution >= 0.6 is 0 Å². The van der Waals surface area contributed by atoms with Gasteiger partial charge in [0.1, 0.15) is 5.82 Å². The fourth-order valence-electron chi connectivity index (χ4n) is 3.69. The van der Waals surface area contributed by atoms with E-state index in [0.717, 1.165) is 25.7 Å². The van der Waals surface area contributed by atoms with Crippen LogP contribution in [0.5, 0.6) is 0 Å². The van der Waals surface area contributed by atoms with Crippen LogP contribution in [0.2, 0.25) is 0 Å². The minimum absolute atomic E-state index is 0.136. The molecule has 6 heteroatoms. The van der Waals surface area contributed by atoms with Crippen molar-refractivity contribution in [3.8, 4) is 11.1 Å². The van der Waals surface area contributed by atoms with E-state index in [-0.39, 0.29) is 17.3 Å². The average molecular weight is 355 g/mol. The molecular formula is C20H19F2N3O. The zero-order valence-corrected chi connectivity index (χ0v) is 14.4. The zero-order chi connectivity index (χ0) is 18.3. The third-order valence-electron chi connectivity index (χ3n) is 5.22. The van der Waals surface area contributed by atoms with Gasteiger partial charge in [0.15, 0.2) is 11.5 Å². The molecule has 1 aromatic carbocycles. The SMILES string of the molecule is CN(C(=O)c1ncc(-c2ccc3[nH]ccc3c2F)cc1F)C1CCCC1. The molecule has 0 aliphatic heterocycles. The second-order valence-corrected chi connectivity index (χ2v) is 6.77. The predicted octanol–water partition coefficient (Wildman–Crippen LogP) is 4.52. The Labute approximate surface area is 149 Å². The Bertz CT molecular complexity index is 976. The van der Waals surface area contributed by atoms with Crippen molar-refractivity contribution in [2.24, 2.45) is 0 Å². The highest BCUT2D eigenvalue weighted by molar-refractivity contribution is 5.93. The molecule has 1 amide bonds. The average Bonchev–Trinajstić information content (AvgIpc) is 3.32. The number of aromatic amines is 1. The van der Waals surface area contributed by atoms with E-state index in [1.165, 1.54) is 12.3 Å². The highest BCUT2D eigenvalue weighted by Gasteiger charge is 2.27. The number of H-pyrrole nitrogens is 1. The minimum Gasteiger partial charge on any atom is -0.361 e. The topological polar surface area (TPSA) is 49.0 Å². The first kappa shape index (κ1) is 16.7. The summed E-state index contributed by atoms with van der Waals surface area (Å²) in [6.07, 6.45) is 7.04. The molecule has 0 unspecified atom stereocenters. The van der Waals surface area contributed by atoms with Gasteiger partial charge in [-0.3, -0.25) is 4.79 Å². The van der Waals surface area contributed by atoms with E-state index >= 15 is 0 Å². The number of nitrogens with zero attached hydrogens (tertiary/aromatic N) is 2. The highest BCUT2D eigenvalue weighted by atomic mass is 19.1. The third-order valence-corrected chi connectivity index (χ3v) is 5.22. The van der Waals surface area contributed by atoms with Crippen LogP contribution in [-0.2, 0) is 0 Å². The van der Waals surface area contributed by atoms with Crippen molar-refractivity contribution in [3.05, 3.63) is 54.0 Å². The second kappa shape index (κ2) is 6.52. The number of hydrogen-bond acceptors (Lipinski definition) is 2. The summed E-state index contributed by atoms with van der Waals surface area (Å²) < 4.78 is 29.2. The van der Waals surface area contributed by atoms with E-state index < -0.39 is 17.5 Å². The summed E-state index contributed by atoms with van der Waals surface area (Å²) in [6, 6.07) is 6.26. The van der Waals surface area contributed by atoms with Crippen LogP contribution in [0.4, 0.5) is 8.78 Å². The quantitative estimate of drug-likeness (QED) is 0.751. The van der Waals surface area contributed by atoms with Crippen molar-refractivity contribution in [2.45, 2.75) is 31.7 Å². The monoisotopic (exact) mass is 355 g/mol. The molecule has 4 rings (SSSR count). The van der Waals surface area contributed by atoms with E-state index in [0.29, 0.717) is 16.5 Å². The van der Waals surface area contributed by atoms with Crippen molar-refractivity contribution >= 4 is 16.8 Å². The van der Waals surface area contributed by atoms with Crippen molar-refractivity contribution in [2.75, 3.05) is 7.05 Å². The minimum atomic E-state index is -0.731. The van der Waals surface area contributed by atoms with E-state index in [2.05, 4.69) is 9.97 Å². The fraction of sp³-hybridized carbons (Fsp3) is 0.300. The molecule has 0 saturated heterocycles. The number of hydrogen-bond donors (Lipinski definition) is 1. The number of carbonyl (C=O) groups is 1. The molecule has 1 fully saturated rings. The molecule has 3 aromatic rings. The van der Waals surface area contributed by atoms with Crippen LogP contribution in [0, 0.1) is 11.6 Å². The maximum atomic E-state index is 14.7. The second-order valence-electron chi connectivity index (χ2n) is 6.77. The van der Waals surface area contributed by atoms with Crippen LogP contribution in [-0.4, -0.2) is 33.9 Å². The van der Waals surface area contributed by atoms with Gasteiger partial charge in [-0.2, -0.15) is 0 Å². The Morgan fingerprint density at radius 1 is 1.23 bits per heavy atom. The molecule has 0 atom stereocenters. The molecule has 0 bridgehead atoms. The highest BCUT2D eigenvalue weighted by Crippen LogP contribution is 2.29. The lowest BCUT2D eigenvalue weighted by atomic mass is 10.0. The van der Waals surface area contributed by atoms with Gasteiger partial charge in [0.2, 0.25) is 0 Å². The largest absolute Gasteiger partial charge is 0.361 e. The van der Waals surface area contributed by atoms with E-state index in [1.54, 1.807) is 36.3 Å². The fourth-order valence-corrected chi connectivity index (χ4v) is 3.69. The Kier molecular flexibility index (Phi) is 4.18. The molecule has 1 aliphatic rings. The summed E-state index contributed by atoms with van der Waals surface area (Å²) in [7, 11) is 1.69. The number of aromatic nitrogens is 2. The van der Waals surface area contributed by atoms with Crippen molar-refractivity contribution in [3.63, 3.8) is 0 Å². The maximum Gasteiger partial charge on any atom is 0.275 e. The van der Waals surface area contributed by atoms with E-state index in [4.69, 9.17) is 0 Å². The Morgan fingerprint density at radius 2 is 2.00 bits per heavy atom. The molecule has 1 aliphatic carbocycles. The maximum absolute atomic E-state index is 14.7. The van der Waals surface area contributed by atoms with Gasteiger partial charge in [-0.1, -0.05) is 12.8 Å². The first-order valence-electron chi connectivity index (χ1n) is 8.75. The third kappa shape index (κ3) is 2.75. The lowest BCUT2D eigenvalue weighted by Crippen LogP contribution is -2.36. The van der Waals surface area contributed by atoms with Gasteiger partial charge >= 0.3 is 0 Å². The lowest BCUT2D eigenvalue weighted by Gasteiger charge is -2.24. The summed E-state index contributed by atoms with van der Waals surface area (Å²) >= 11 is 0. The van der Waals surface area contributed by atoms with Crippen LogP contribution in [0.1, 0.15) is 36.2 Å².